The molecule has 1 aromatic heterocycles. The topological polar surface area (TPSA) is 88.7 Å². The molecule has 0 saturated carbocycles. The van der Waals surface area contributed by atoms with Crippen LogP contribution in [-0.4, -0.2) is 64.1 Å². The Morgan fingerprint density at radius 2 is 1.82 bits per heavy atom. The normalized spacial score (nSPS) is 16.0. The van der Waals surface area contributed by atoms with Crippen LogP contribution >= 0.6 is 11.6 Å². The predicted octanol–water partition coefficient (Wildman–Crippen LogP) is 3.19. The Balaban J connectivity index is 1.23. The Morgan fingerprint density at radius 3 is 2.50 bits per heavy atom. The lowest BCUT2D eigenvalue weighted by atomic mass is 9.96. The number of aryl methyl sites for hydroxylation is 1. The monoisotopic (exact) mass is 486 g/mol. The van der Waals surface area contributed by atoms with Gasteiger partial charge in [-0.1, -0.05) is 23.7 Å². The molecule has 1 amide bonds. The highest BCUT2D eigenvalue weighted by molar-refractivity contribution is 6.30. The van der Waals surface area contributed by atoms with E-state index in [2.05, 4.69) is 10.2 Å². The molecule has 4 rings (SSSR count). The van der Waals surface area contributed by atoms with Gasteiger partial charge in [-0.05, 0) is 75.2 Å². The lowest BCUT2D eigenvalue weighted by Crippen LogP contribution is -2.44. The number of carbonyl (C=O) groups is 1. The minimum Gasteiger partial charge on any atom is -0.491 e. The van der Waals surface area contributed by atoms with Gasteiger partial charge in [0.05, 0.1) is 11.0 Å². The number of hydrogen-bond acceptors (Lipinski definition) is 5. The quantitative estimate of drug-likeness (QED) is 0.510. The smallest absolute Gasteiger partial charge is 0.337 e. The number of amides is 1. The first-order chi connectivity index (χ1) is 16.5. The van der Waals surface area contributed by atoms with Gasteiger partial charge in [0, 0.05) is 24.7 Å². The SMILES string of the molecule is CCn1c(=O)n(C(=O)NCC2CCN(CC(O)COc3ccc(Cl)cc3)CC2)c2ccccc21. The van der Waals surface area contributed by atoms with Gasteiger partial charge in [0.1, 0.15) is 18.5 Å². The summed E-state index contributed by atoms with van der Waals surface area (Å²) in [7, 11) is 0. The van der Waals surface area contributed by atoms with Gasteiger partial charge in [0.2, 0.25) is 0 Å². The average molecular weight is 487 g/mol. The van der Waals surface area contributed by atoms with E-state index in [0.29, 0.717) is 41.8 Å². The first kappa shape index (κ1) is 24.3. The summed E-state index contributed by atoms with van der Waals surface area (Å²) in [5, 5.41) is 13.9. The van der Waals surface area contributed by atoms with Gasteiger partial charge in [-0.2, -0.15) is 0 Å². The molecule has 1 aliphatic heterocycles. The molecule has 2 aromatic carbocycles. The van der Waals surface area contributed by atoms with Crippen LogP contribution in [0.15, 0.2) is 53.3 Å². The summed E-state index contributed by atoms with van der Waals surface area (Å²) in [5.41, 5.74) is 1.07. The number of fused-ring (bicyclic) bond motifs is 1. The standard InChI is InChI=1S/C25H31ClN4O4/c1-2-29-22-5-3-4-6-23(22)30(25(29)33)24(32)27-15-18-11-13-28(14-12-18)16-20(31)17-34-21-9-7-19(26)8-10-21/h3-10,18,20,31H,2,11-17H2,1H3,(H,27,32). The van der Waals surface area contributed by atoms with Crippen LogP contribution in [0.25, 0.3) is 11.0 Å². The van der Waals surface area contributed by atoms with Gasteiger partial charge in [-0.15, -0.1) is 0 Å². The number of nitrogens with one attached hydrogen (secondary N) is 1. The third kappa shape index (κ3) is 5.63. The zero-order valence-electron chi connectivity index (χ0n) is 19.3. The summed E-state index contributed by atoms with van der Waals surface area (Å²) >= 11 is 5.87. The van der Waals surface area contributed by atoms with Crippen molar-refractivity contribution in [3.8, 4) is 5.75 Å². The Labute approximate surface area is 203 Å². The molecule has 0 aliphatic carbocycles. The molecule has 9 heteroatoms. The molecule has 8 nitrogen and oxygen atoms in total. The van der Waals surface area contributed by atoms with E-state index < -0.39 is 6.10 Å². The van der Waals surface area contributed by atoms with Crippen molar-refractivity contribution >= 4 is 28.7 Å². The van der Waals surface area contributed by atoms with Crippen molar-refractivity contribution in [2.45, 2.75) is 32.4 Å². The number of nitrogens with zero attached hydrogens (tertiary/aromatic N) is 3. The van der Waals surface area contributed by atoms with Crippen molar-refractivity contribution in [3.63, 3.8) is 0 Å². The lowest BCUT2D eigenvalue weighted by molar-refractivity contribution is 0.0552. The number of imidazole rings is 1. The molecular weight excluding hydrogens is 456 g/mol. The molecule has 1 atom stereocenters. The van der Waals surface area contributed by atoms with E-state index in [4.69, 9.17) is 16.3 Å². The summed E-state index contributed by atoms with van der Waals surface area (Å²) in [6, 6.07) is 14.0. The van der Waals surface area contributed by atoms with Gasteiger partial charge >= 0.3 is 11.7 Å². The van der Waals surface area contributed by atoms with Crippen LogP contribution in [0.5, 0.6) is 5.75 Å². The number of para-hydroxylation sites is 2. The fourth-order valence-corrected chi connectivity index (χ4v) is 4.59. The number of aliphatic hydroxyl groups is 1. The summed E-state index contributed by atoms with van der Waals surface area (Å²) < 4.78 is 8.46. The molecule has 34 heavy (non-hydrogen) atoms. The first-order valence-corrected chi connectivity index (χ1v) is 12.1. The number of benzene rings is 2. The number of rotatable bonds is 8. The molecule has 0 bridgehead atoms. The molecule has 1 saturated heterocycles. The van der Waals surface area contributed by atoms with Crippen molar-refractivity contribution in [1.82, 2.24) is 19.4 Å². The van der Waals surface area contributed by atoms with Crippen molar-refractivity contribution in [1.29, 1.82) is 0 Å². The molecule has 0 radical (unpaired) electrons. The summed E-state index contributed by atoms with van der Waals surface area (Å²) in [6.45, 7) is 5.36. The van der Waals surface area contributed by atoms with Crippen LogP contribution in [-0.2, 0) is 6.54 Å². The van der Waals surface area contributed by atoms with Crippen LogP contribution in [0.2, 0.25) is 5.02 Å². The van der Waals surface area contributed by atoms with Crippen LogP contribution in [0.3, 0.4) is 0 Å². The molecule has 1 aliphatic rings. The molecule has 2 heterocycles. The predicted molar refractivity (Wildman–Crippen MR) is 133 cm³/mol. The highest BCUT2D eigenvalue weighted by Gasteiger charge is 2.23. The zero-order chi connectivity index (χ0) is 24.1. The summed E-state index contributed by atoms with van der Waals surface area (Å²) in [4.78, 5) is 27.8. The van der Waals surface area contributed by atoms with E-state index in [0.717, 1.165) is 31.4 Å². The van der Waals surface area contributed by atoms with E-state index in [1.54, 1.807) is 34.9 Å². The van der Waals surface area contributed by atoms with E-state index in [1.165, 1.54) is 4.57 Å². The zero-order valence-corrected chi connectivity index (χ0v) is 20.1. The van der Waals surface area contributed by atoms with E-state index in [-0.39, 0.29) is 18.3 Å². The summed E-state index contributed by atoms with van der Waals surface area (Å²) in [5.74, 6) is 1.01. The Morgan fingerprint density at radius 1 is 1.15 bits per heavy atom. The molecule has 182 valence electrons. The fourth-order valence-electron chi connectivity index (χ4n) is 4.47. The molecule has 1 fully saturated rings. The van der Waals surface area contributed by atoms with Crippen molar-refractivity contribution in [3.05, 3.63) is 64.0 Å². The summed E-state index contributed by atoms with van der Waals surface area (Å²) in [6.07, 6.45) is 1.24. The molecular formula is C25H31ClN4O4. The number of aromatic nitrogens is 2. The Bertz CT molecular complexity index is 1170. The van der Waals surface area contributed by atoms with Crippen molar-refractivity contribution < 1.29 is 14.6 Å². The first-order valence-electron chi connectivity index (χ1n) is 11.7. The number of aliphatic hydroxyl groups excluding tert-OH is 1. The molecule has 1 unspecified atom stereocenters. The van der Waals surface area contributed by atoms with Gasteiger partial charge in [-0.25, -0.2) is 14.2 Å². The number of hydrogen-bond donors (Lipinski definition) is 2. The second-order valence-electron chi connectivity index (χ2n) is 8.70. The number of halogens is 1. The maximum atomic E-state index is 12.8. The van der Waals surface area contributed by atoms with Gasteiger partial charge < -0.3 is 20.1 Å². The number of carbonyl (C=O) groups excluding carboxylic acids is 1. The molecule has 0 spiro atoms. The van der Waals surface area contributed by atoms with Gasteiger partial charge in [0.25, 0.3) is 0 Å². The number of β-amino-alcohol motifs (C(OH)–C–C–N with tert-alkyl or cyclic N) is 1. The average Bonchev–Trinajstić information content (AvgIpc) is 3.14. The highest BCUT2D eigenvalue weighted by atomic mass is 35.5. The van der Waals surface area contributed by atoms with Crippen LogP contribution in [0, 0.1) is 5.92 Å². The molecule has 2 N–H and O–H groups in total. The highest BCUT2D eigenvalue weighted by Crippen LogP contribution is 2.18. The van der Waals surface area contributed by atoms with Crippen LogP contribution < -0.4 is 15.7 Å². The third-order valence-corrected chi connectivity index (χ3v) is 6.58. The second kappa shape index (κ2) is 11.1. The Hall–Kier alpha value is -2.81. The third-order valence-electron chi connectivity index (χ3n) is 6.33. The largest absolute Gasteiger partial charge is 0.491 e. The van der Waals surface area contributed by atoms with E-state index in [1.807, 2.05) is 25.1 Å². The van der Waals surface area contributed by atoms with Crippen molar-refractivity contribution in [2.75, 3.05) is 32.8 Å². The van der Waals surface area contributed by atoms with Gasteiger partial charge in [-0.3, -0.25) is 4.57 Å². The number of likely N-dealkylation sites (tertiary alicyclic amines) is 1. The second-order valence-corrected chi connectivity index (χ2v) is 9.14. The van der Waals surface area contributed by atoms with E-state index >= 15 is 0 Å². The minimum atomic E-state index is -0.588. The van der Waals surface area contributed by atoms with E-state index in [9.17, 15) is 14.7 Å². The Kier molecular flexibility index (Phi) is 7.92. The maximum absolute atomic E-state index is 12.8. The number of piperidine rings is 1. The lowest BCUT2D eigenvalue weighted by Gasteiger charge is -2.33. The van der Waals surface area contributed by atoms with Crippen molar-refractivity contribution in [2.24, 2.45) is 5.92 Å². The maximum Gasteiger partial charge on any atom is 0.337 e. The minimum absolute atomic E-state index is 0.220. The fraction of sp³-hybridized carbons (Fsp3) is 0.440. The molecule has 3 aromatic rings. The van der Waals surface area contributed by atoms with Crippen LogP contribution in [0.4, 0.5) is 4.79 Å². The number of ether oxygens (including phenoxy) is 1. The van der Waals surface area contributed by atoms with Gasteiger partial charge in [0.15, 0.2) is 0 Å². The van der Waals surface area contributed by atoms with Crippen LogP contribution in [0.1, 0.15) is 19.8 Å².